The van der Waals surface area contributed by atoms with Gasteiger partial charge in [-0.1, -0.05) is 17.3 Å². The monoisotopic (exact) mass is 389 g/mol. The van der Waals surface area contributed by atoms with Gasteiger partial charge in [0.2, 0.25) is 5.91 Å². The number of piperidine rings is 1. The smallest absolute Gasteiger partial charge is 0.252 e. The molecule has 0 atom stereocenters. The maximum absolute atomic E-state index is 12.6. The summed E-state index contributed by atoms with van der Waals surface area (Å²) in [6, 6.07) is 7.63. The number of benzene rings is 1. The minimum absolute atomic E-state index is 0.132. The lowest BCUT2D eigenvalue weighted by Gasteiger charge is -2.30. The van der Waals surface area contributed by atoms with E-state index in [4.69, 9.17) is 18.7 Å². The highest BCUT2D eigenvalue weighted by molar-refractivity contribution is 5.79. The standard InChI is InChI=1S/C20H27N3O5/c1-25-10-11-27-14-18-21-20(22-28-18)16-6-8-23(9-7-16)19(24)13-15-4-3-5-17(12-15)26-2/h3-5,12,16H,6-11,13-14H2,1-2H3. The maximum atomic E-state index is 12.6. The van der Waals surface area contributed by atoms with Gasteiger partial charge in [-0.25, -0.2) is 0 Å². The Labute approximate surface area is 164 Å². The number of carbonyl (C=O) groups is 1. The van der Waals surface area contributed by atoms with Gasteiger partial charge in [0.15, 0.2) is 5.82 Å². The predicted octanol–water partition coefficient (Wildman–Crippen LogP) is 2.19. The molecule has 1 fully saturated rings. The van der Waals surface area contributed by atoms with E-state index in [2.05, 4.69) is 10.1 Å². The summed E-state index contributed by atoms with van der Waals surface area (Å²) in [5, 5.41) is 4.08. The van der Waals surface area contributed by atoms with Crippen molar-refractivity contribution in [3.8, 4) is 5.75 Å². The number of aromatic nitrogens is 2. The second kappa shape index (κ2) is 10.2. The van der Waals surface area contributed by atoms with Gasteiger partial charge in [0, 0.05) is 26.1 Å². The van der Waals surface area contributed by atoms with Crippen molar-refractivity contribution < 1.29 is 23.5 Å². The summed E-state index contributed by atoms with van der Waals surface area (Å²) in [5.74, 6) is 2.28. The van der Waals surface area contributed by atoms with Crippen LogP contribution >= 0.6 is 0 Å². The second-order valence-electron chi connectivity index (χ2n) is 6.78. The van der Waals surface area contributed by atoms with Crippen LogP contribution in [0.2, 0.25) is 0 Å². The maximum Gasteiger partial charge on any atom is 0.252 e. The zero-order valence-corrected chi connectivity index (χ0v) is 16.4. The lowest BCUT2D eigenvalue weighted by Crippen LogP contribution is -2.39. The van der Waals surface area contributed by atoms with Crippen molar-refractivity contribution >= 4 is 5.91 Å². The molecule has 2 aromatic rings. The Morgan fingerprint density at radius 1 is 1.25 bits per heavy atom. The van der Waals surface area contributed by atoms with E-state index in [-0.39, 0.29) is 18.4 Å². The first-order chi connectivity index (χ1) is 13.7. The molecule has 0 N–H and O–H groups in total. The zero-order chi connectivity index (χ0) is 19.8. The van der Waals surface area contributed by atoms with E-state index in [9.17, 15) is 4.79 Å². The summed E-state index contributed by atoms with van der Waals surface area (Å²) in [7, 11) is 3.25. The van der Waals surface area contributed by atoms with E-state index in [1.54, 1.807) is 14.2 Å². The van der Waals surface area contributed by atoms with Crippen LogP contribution in [-0.4, -0.2) is 61.5 Å². The third-order valence-corrected chi connectivity index (χ3v) is 4.84. The van der Waals surface area contributed by atoms with Crippen LogP contribution in [0, 0.1) is 0 Å². The normalized spacial score (nSPS) is 15.0. The number of methoxy groups -OCH3 is 2. The number of amides is 1. The number of hydrogen-bond donors (Lipinski definition) is 0. The summed E-state index contributed by atoms with van der Waals surface area (Å²) in [6.07, 6.45) is 2.04. The Hall–Kier alpha value is -2.45. The molecule has 1 saturated heterocycles. The van der Waals surface area contributed by atoms with Crippen molar-refractivity contribution in [2.45, 2.75) is 31.8 Å². The number of hydrogen-bond acceptors (Lipinski definition) is 7. The van der Waals surface area contributed by atoms with Crippen molar-refractivity contribution in [2.24, 2.45) is 0 Å². The van der Waals surface area contributed by atoms with Crippen LogP contribution in [-0.2, 0) is 27.3 Å². The summed E-state index contributed by atoms with van der Waals surface area (Å²) >= 11 is 0. The summed E-state index contributed by atoms with van der Waals surface area (Å²) in [5.41, 5.74) is 0.961. The number of carbonyl (C=O) groups excluding carboxylic acids is 1. The minimum Gasteiger partial charge on any atom is -0.497 e. The van der Waals surface area contributed by atoms with Gasteiger partial charge in [-0.15, -0.1) is 0 Å². The van der Waals surface area contributed by atoms with Crippen molar-refractivity contribution in [1.82, 2.24) is 15.0 Å². The number of rotatable bonds is 9. The Kier molecular flexibility index (Phi) is 7.39. The second-order valence-corrected chi connectivity index (χ2v) is 6.78. The molecule has 1 aliphatic heterocycles. The van der Waals surface area contributed by atoms with Crippen molar-refractivity contribution in [3.05, 3.63) is 41.5 Å². The first kappa shape index (κ1) is 20.3. The highest BCUT2D eigenvalue weighted by Gasteiger charge is 2.27. The first-order valence-electron chi connectivity index (χ1n) is 9.49. The minimum atomic E-state index is 0.132. The van der Waals surface area contributed by atoms with Crippen LogP contribution in [0.25, 0.3) is 0 Å². The van der Waals surface area contributed by atoms with Gasteiger partial charge in [-0.3, -0.25) is 4.79 Å². The van der Waals surface area contributed by atoms with Gasteiger partial charge in [0.25, 0.3) is 5.89 Å². The summed E-state index contributed by atoms with van der Waals surface area (Å²) in [6.45, 7) is 2.70. The number of likely N-dealkylation sites (tertiary alicyclic amines) is 1. The van der Waals surface area contributed by atoms with E-state index in [0.717, 1.165) is 24.2 Å². The molecule has 0 aliphatic carbocycles. The van der Waals surface area contributed by atoms with Gasteiger partial charge < -0.3 is 23.6 Å². The molecule has 1 aliphatic rings. The van der Waals surface area contributed by atoms with Gasteiger partial charge in [-0.2, -0.15) is 4.98 Å². The molecule has 0 radical (unpaired) electrons. The molecular weight excluding hydrogens is 362 g/mol. The molecule has 152 valence electrons. The molecule has 1 aromatic heterocycles. The molecule has 8 nitrogen and oxygen atoms in total. The third-order valence-electron chi connectivity index (χ3n) is 4.84. The lowest BCUT2D eigenvalue weighted by atomic mass is 9.95. The van der Waals surface area contributed by atoms with Gasteiger partial charge in [-0.05, 0) is 30.5 Å². The molecule has 2 heterocycles. The van der Waals surface area contributed by atoms with Gasteiger partial charge in [0.05, 0.1) is 26.7 Å². The Morgan fingerprint density at radius 2 is 2.07 bits per heavy atom. The third kappa shape index (κ3) is 5.53. The average molecular weight is 389 g/mol. The molecule has 0 spiro atoms. The molecule has 0 saturated carbocycles. The average Bonchev–Trinajstić information content (AvgIpc) is 3.20. The van der Waals surface area contributed by atoms with Crippen molar-refractivity contribution in [2.75, 3.05) is 40.5 Å². The summed E-state index contributed by atoms with van der Waals surface area (Å²) < 4.78 is 20.8. The molecule has 8 heteroatoms. The van der Waals surface area contributed by atoms with E-state index in [1.165, 1.54) is 0 Å². The SMILES string of the molecule is COCCOCc1nc(C2CCN(C(=O)Cc3cccc(OC)c3)CC2)no1. The highest BCUT2D eigenvalue weighted by atomic mass is 16.5. The number of nitrogens with zero attached hydrogens (tertiary/aromatic N) is 3. The predicted molar refractivity (Wildman–Crippen MR) is 101 cm³/mol. The van der Waals surface area contributed by atoms with E-state index in [0.29, 0.717) is 44.4 Å². The highest BCUT2D eigenvalue weighted by Crippen LogP contribution is 2.26. The van der Waals surface area contributed by atoms with Crippen LogP contribution in [0.5, 0.6) is 5.75 Å². The quantitative estimate of drug-likeness (QED) is 0.608. The van der Waals surface area contributed by atoms with Crippen molar-refractivity contribution in [3.63, 3.8) is 0 Å². The van der Waals surface area contributed by atoms with Crippen LogP contribution in [0.15, 0.2) is 28.8 Å². The van der Waals surface area contributed by atoms with E-state index < -0.39 is 0 Å². The fraction of sp³-hybridized carbons (Fsp3) is 0.550. The largest absolute Gasteiger partial charge is 0.497 e. The Morgan fingerprint density at radius 3 is 2.82 bits per heavy atom. The Balaban J connectivity index is 1.46. The fourth-order valence-corrected chi connectivity index (χ4v) is 3.25. The van der Waals surface area contributed by atoms with E-state index >= 15 is 0 Å². The molecule has 28 heavy (non-hydrogen) atoms. The molecule has 3 rings (SSSR count). The Bertz CT molecular complexity index is 756. The molecule has 0 bridgehead atoms. The summed E-state index contributed by atoms with van der Waals surface area (Å²) in [4.78, 5) is 18.9. The van der Waals surface area contributed by atoms with Crippen LogP contribution in [0.1, 0.15) is 36.0 Å². The van der Waals surface area contributed by atoms with Crippen molar-refractivity contribution in [1.29, 1.82) is 0 Å². The van der Waals surface area contributed by atoms with Crippen LogP contribution < -0.4 is 4.74 Å². The van der Waals surface area contributed by atoms with Gasteiger partial charge in [0.1, 0.15) is 12.4 Å². The van der Waals surface area contributed by atoms with Crippen LogP contribution in [0.4, 0.5) is 0 Å². The number of ether oxygens (including phenoxy) is 3. The zero-order valence-electron chi connectivity index (χ0n) is 16.4. The molecule has 1 amide bonds. The first-order valence-corrected chi connectivity index (χ1v) is 9.49. The lowest BCUT2D eigenvalue weighted by molar-refractivity contribution is -0.131. The molecule has 0 unspecified atom stereocenters. The fourth-order valence-electron chi connectivity index (χ4n) is 3.25. The van der Waals surface area contributed by atoms with E-state index in [1.807, 2.05) is 29.2 Å². The van der Waals surface area contributed by atoms with Gasteiger partial charge >= 0.3 is 0 Å². The topological polar surface area (TPSA) is 86.9 Å². The van der Waals surface area contributed by atoms with Crippen LogP contribution in [0.3, 0.4) is 0 Å². The molecule has 1 aromatic carbocycles. The molecular formula is C20H27N3O5.